The summed E-state index contributed by atoms with van der Waals surface area (Å²) in [6, 6.07) is 0.473. The van der Waals surface area contributed by atoms with Crippen LogP contribution < -0.4 is 5.73 Å². The molecule has 0 saturated heterocycles. The largest absolute Gasteiger partial charge is 0.328 e. The summed E-state index contributed by atoms with van der Waals surface area (Å²) in [7, 11) is 0. The first-order valence-electron chi connectivity index (χ1n) is 9.56. The first-order chi connectivity index (χ1) is 9.81. The summed E-state index contributed by atoms with van der Waals surface area (Å²) in [6.07, 6.45) is 22.1. The Morgan fingerprint density at radius 2 is 0.800 bits per heavy atom. The minimum absolute atomic E-state index is 0.473. The summed E-state index contributed by atoms with van der Waals surface area (Å²) in [5.41, 5.74) is 6.16. The van der Waals surface area contributed by atoms with Gasteiger partial charge in [-0.25, -0.2) is 0 Å². The average molecular weight is 284 g/mol. The average Bonchev–Trinajstić information content (AvgIpc) is 2.45. The molecule has 0 aromatic rings. The van der Waals surface area contributed by atoms with E-state index in [2.05, 4.69) is 13.8 Å². The van der Waals surface area contributed by atoms with Crippen molar-refractivity contribution in [2.45, 2.75) is 123 Å². The van der Waals surface area contributed by atoms with Crippen LogP contribution in [0.25, 0.3) is 0 Å². The Morgan fingerprint density at radius 3 is 1.20 bits per heavy atom. The number of unbranched alkanes of at least 4 members (excludes halogenated alkanes) is 12. The fourth-order valence-corrected chi connectivity index (χ4v) is 2.87. The molecule has 2 N–H and O–H groups in total. The van der Waals surface area contributed by atoms with Gasteiger partial charge in [0.25, 0.3) is 0 Å². The monoisotopic (exact) mass is 283 g/mol. The fourth-order valence-electron chi connectivity index (χ4n) is 2.87. The van der Waals surface area contributed by atoms with Crippen LogP contribution in [0.4, 0.5) is 0 Å². The van der Waals surface area contributed by atoms with E-state index in [1.54, 1.807) is 0 Å². The normalized spacial score (nSPS) is 12.8. The second kappa shape index (κ2) is 17.0. The predicted octanol–water partition coefficient (Wildman–Crippen LogP) is 6.60. The number of rotatable bonds is 16. The van der Waals surface area contributed by atoms with E-state index in [-0.39, 0.29) is 0 Å². The van der Waals surface area contributed by atoms with Gasteiger partial charge in [-0.1, -0.05) is 104 Å². The van der Waals surface area contributed by atoms with Gasteiger partial charge in [0.05, 0.1) is 0 Å². The maximum absolute atomic E-state index is 6.16. The molecule has 0 aliphatic rings. The van der Waals surface area contributed by atoms with Crippen LogP contribution in [-0.4, -0.2) is 6.04 Å². The summed E-state index contributed by atoms with van der Waals surface area (Å²) >= 11 is 0. The molecule has 0 fully saturated rings. The first kappa shape index (κ1) is 20.0. The second-order valence-electron chi connectivity index (χ2n) is 6.58. The molecule has 20 heavy (non-hydrogen) atoms. The molecule has 0 aliphatic heterocycles. The lowest BCUT2D eigenvalue weighted by Crippen LogP contribution is -2.19. The highest BCUT2D eigenvalue weighted by atomic mass is 14.6. The molecular weight excluding hydrogens is 242 g/mol. The third kappa shape index (κ3) is 16.0. The zero-order valence-electron chi connectivity index (χ0n) is 14.5. The van der Waals surface area contributed by atoms with Gasteiger partial charge in [-0.2, -0.15) is 0 Å². The van der Waals surface area contributed by atoms with Gasteiger partial charge in [0, 0.05) is 6.04 Å². The van der Waals surface area contributed by atoms with Gasteiger partial charge in [-0.15, -0.1) is 0 Å². The topological polar surface area (TPSA) is 26.0 Å². The van der Waals surface area contributed by atoms with Gasteiger partial charge in [0.15, 0.2) is 0 Å². The Balaban J connectivity index is 3.07. The van der Waals surface area contributed by atoms with Crippen LogP contribution in [0.5, 0.6) is 0 Å². The predicted molar refractivity (Wildman–Crippen MR) is 93.2 cm³/mol. The highest BCUT2D eigenvalue weighted by Crippen LogP contribution is 2.13. The van der Waals surface area contributed by atoms with E-state index in [9.17, 15) is 0 Å². The quantitative estimate of drug-likeness (QED) is 0.317. The molecule has 0 saturated carbocycles. The Labute approximate surface area is 129 Å². The van der Waals surface area contributed by atoms with Gasteiger partial charge in [0.1, 0.15) is 0 Å². The van der Waals surface area contributed by atoms with Crippen molar-refractivity contribution < 1.29 is 0 Å². The van der Waals surface area contributed by atoms with Crippen molar-refractivity contribution >= 4 is 0 Å². The maximum Gasteiger partial charge on any atom is 0.00388 e. The lowest BCUT2D eigenvalue weighted by Gasteiger charge is -2.11. The van der Waals surface area contributed by atoms with E-state index in [1.165, 1.54) is 103 Å². The summed E-state index contributed by atoms with van der Waals surface area (Å²) in [5.74, 6) is 0. The first-order valence-corrected chi connectivity index (χ1v) is 9.56. The maximum atomic E-state index is 6.16. The third-order valence-electron chi connectivity index (χ3n) is 4.36. The van der Waals surface area contributed by atoms with E-state index >= 15 is 0 Å². The van der Waals surface area contributed by atoms with E-state index in [4.69, 9.17) is 5.73 Å². The molecule has 0 radical (unpaired) electrons. The molecule has 1 unspecified atom stereocenters. The molecule has 0 heterocycles. The number of hydrogen-bond acceptors (Lipinski definition) is 1. The van der Waals surface area contributed by atoms with E-state index in [0.717, 1.165) is 0 Å². The van der Waals surface area contributed by atoms with Gasteiger partial charge in [-0.05, 0) is 12.8 Å². The number of nitrogens with two attached hydrogens (primary N) is 1. The van der Waals surface area contributed by atoms with Gasteiger partial charge in [-0.3, -0.25) is 0 Å². The lowest BCUT2D eigenvalue weighted by atomic mass is 10.0. The minimum Gasteiger partial charge on any atom is -0.328 e. The molecule has 122 valence electrons. The minimum atomic E-state index is 0.473. The van der Waals surface area contributed by atoms with Crippen molar-refractivity contribution in [3.8, 4) is 0 Å². The Kier molecular flexibility index (Phi) is 17.0. The van der Waals surface area contributed by atoms with Crippen molar-refractivity contribution in [1.29, 1.82) is 0 Å². The van der Waals surface area contributed by atoms with Crippen LogP contribution in [0.1, 0.15) is 117 Å². The summed E-state index contributed by atoms with van der Waals surface area (Å²) in [6.45, 7) is 4.55. The Bertz CT molecular complexity index is 167. The molecule has 0 rings (SSSR count). The summed E-state index contributed by atoms with van der Waals surface area (Å²) < 4.78 is 0. The molecule has 1 heteroatoms. The highest BCUT2D eigenvalue weighted by Gasteiger charge is 2.02. The van der Waals surface area contributed by atoms with Crippen molar-refractivity contribution in [2.75, 3.05) is 0 Å². The zero-order chi connectivity index (χ0) is 14.9. The van der Waals surface area contributed by atoms with Crippen molar-refractivity contribution in [3.63, 3.8) is 0 Å². The van der Waals surface area contributed by atoms with Crippen molar-refractivity contribution in [3.05, 3.63) is 0 Å². The molecule has 1 nitrogen and oxygen atoms in total. The Morgan fingerprint density at radius 1 is 0.500 bits per heavy atom. The van der Waals surface area contributed by atoms with Crippen LogP contribution in [0.15, 0.2) is 0 Å². The van der Waals surface area contributed by atoms with E-state index in [1.807, 2.05) is 0 Å². The molecule has 1 atom stereocenters. The van der Waals surface area contributed by atoms with Crippen molar-refractivity contribution in [2.24, 2.45) is 5.73 Å². The molecule has 0 bridgehead atoms. The van der Waals surface area contributed by atoms with E-state index < -0.39 is 0 Å². The van der Waals surface area contributed by atoms with Crippen LogP contribution in [0.3, 0.4) is 0 Å². The van der Waals surface area contributed by atoms with Crippen LogP contribution >= 0.6 is 0 Å². The van der Waals surface area contributed by atoms with Gasteiger partial charge < -0.3 is 5.73 Å². The Hall–Kier alpha value is -0.0400. The zero-order valence-corrected chi connectivity index (χ0v) is 14.5. The molecular formula is C19H41N. The molecule has 0 aromatic carbocycles. The standard InChI is InChI=1S/C19H41N/c1-3-5-7-9-10-11-12-13-14-16-18-19(20)17-15-8-6-4-2/h19H,3-18,20H2,1-2H3. The summed E-state index contributed by atoms with van der Waals surface area (Å²) in [4.78, 5) is 0. The molecule has 0 aromatic heterocycles. The van der Waals surface area contributed by atoms with Crippen molar-refractivity contribution in [1.82, 2.24) is 0 Å². The molecule has 0 amide bonds. The second-order valence-corrected chi connectivity index (χ2v) is 6.58. The van der Waals surface area contributed by atoms with Crippen LogP contribution in [0, 0.1) is 0 Å². The lowest BCUT2D eigenvalue weighted by molar-refractivity contribution is 0.485. The smallest absolute Gasteiger partial charge is 0.00388 e. The molecule has 0 spiro atoms. The van der Waals surface area contributed by atoms with Crippen LogP contribution in [0.2, 0.25) is 0 Å². The van der Waals surface area contributed by atoms with Gasteiger partial charge in [0.2, 0.25) is 0 Å². The SMILES string of the molecule is CCCCCCCCCCCCC(N)CCCCCC. The summed E-state index contributed by atoms with van der Waals surface area (Å²) in [5, 5.41) is 0. The van der Waals surface area contributed by atoms with Gasteiger partial charge >= 0.3 is 0 Å². The highest BCUT2D eigenvalue weighted by molar-refractivity contribution is 4.61. The molecule has 0 aliphatic carbocycles. The fraction of sp³-hybridized carbons (Fsp3) is 1.00. The third-order valence-corrected chi connectivity index (χ3v) is 4.36. The number of hydrogen-bond donors (Lipinski definition) is 1. The van der Waals surface area contributed by atoms with Crippen LogP contribution in [-0.2, 0) is 0 Å². The van der Waals surface area contributed by atoms with E-state index in [0.29, 0.717) is 6.04 Å².